The molecule has 1 aromatic heterocycles. The van der Waals surface area contributed by atoms with Crippen LogP contribution >= 0.6 is 0 Å². The Hall–Kier alpha value is -3.04. The summed E-state index contributed by atoms with van der Waals surface area (Å²) in [6.07, 6.45) is 5.04. The monoisotopic (exact) mass is 442 g/mol. The van der Waals surface area contributed by atoms with E-state index in [1.807, 2.05) is 0 Å². The second kappa shape index (κ2) is 8.60. The molecule has 31 heavy (non-hydrogen) atoms. The zero-order chi connectivity index (χ0) is 22.0. The smallest absolute Gasteiger partial charge is 0.252 e. The maximum atomic E-state index is 13.4. The number of halogens is 1. The van der Waals surface area contributed by atoms with Crippen LogP contribution < -0.4 is 5.32 Å². The fourth-order valence-electron chi connectivity index (χ4n) is 3.70. The van der Waals surface area contributed by atoms with Crippen LogP contribution in [0.25, 0.3) is 0 Å². The summed E-state index contributed by atoms with van der Waals surface area (Å²) in [6.45, 7) is 0.981. The molecule has 0 spiro atoms. The summed E-state index contributed by atoms with van der Waals surface area (Å²) < 4.78 is 42.3. The van der Waals surface area contributed by atoms with E-state index in [0.29, 0.717) is 24.5 Å². The van der Waals surface area contributed by atoms with E-state index in [9.17, 15) is 17.6 Å². The molecular formula is C22H23FN4O3S. The van der Waals surface area contributed by atoms with Crippen LogP contribution in [0.5, 0.6) is 0 Å². The zero-order valence-corrected chi connectivity index (χ0v) is 17.8. The molecule has 1 aliphatic heterocycles. The molecule has 4 rings (SSSR count). The van der Waals surface area contributed by atoms with Crippen molar-refractivity contribution in [2.75, 3.05) is 13.1 Å². The number of nitrogens with one attached hydrogen (secondary N) is 1. The van der Waals surface area contributed by atoms with E-state index in [2.05, 4.69) is 10.3 Å². The van der Waals surface area contributed by atoms with Crippen LogP contribution in [-0.2, 0) is 17.1 Å². The molecule has 1 amide bonds. The third-order valence-corrected chi connectivity index (χ3v) is 7.29. The molecule has 162 valence electrons. The van der Waals surface area contributed by atoms with Gasteiger partial charge < -0.3 is 9.88 Å². The van der Waals surface area contributed by atoms with E-state index >= 15 is 0 Å². The molecule has 0 aliphatic carbocycles. The summed E-state index contributed by atoms with van der Waals surface area (Å²) in [5.74, 6) is -0.259. The van der Waals surface area contributed by atoms with Gasteiger partial charge in [-0.05, 0) is 48.7 Å². The molecule has 7 nitrogen and oxygen atoms in total. The number of sulfonamides is 1. The topological polar surface area (TPSA) is 84.3 Å². The number of imidazole rings is 1. The Kier molecular flexibility index (Phi) is 5.88. The SMILES string of the molecule is Cn1ccnc1[C@H](NC(=O)c1cccc(S(=O)(=O)N2CCCC2)c1)c1ccc(F)cc1. The van der Waals surface area contributed by atoms with Crippen LogP contribution in [0.1, 0.15) is 40.6 Å². The number of rotatable bonds is 6. The highest BCUT2D eigenvalue weighted by Crippen LogP contribution is 2.24. The summed E-state index contributed by atoms with van der Waals surface area (Å²) in [5.41, 5.74) is 0.881. The van der Waals surface area contributed by atoms with Crippen molar-refractivity contribution in [3.63, 3.8) is 0 Å². The Morgan fingerprint density at radius 1 is 1.13 bits per heavy atom. The molecule has 9 heteroatoms. The number of carbonyl (C=O) groups excluding carboxylic acids is 1. The number of nitrogens with zero attached hydrogens (tertiary/aromatic N) is 3. The first-order chi connectivity index (χ1) is 14.9. The molecule has 3 aromatic rings. The summed E-state index contributed by atoms with van der Waals surface area (Å²) >= 11 is 0. The van der Waals surface area contributed by atoms with Crippen molar-refractivity contribution in [1.29, 1.82) is 0 Å². The molecule has 1 aliphatic rings. The Balaban J connectivity index is 1.63. The van der Waals surface area contributed by atoms with E-state index in [-0.39, 0.29) is 16.3 Å². The van der Waals surface area contributed by atoms with Gasteiger partial charge in [-0.2, -0.15) is 4.31 Å². The molecule has 0 radical (unpaired) electrons. The lowest BCUT2D eigenvalue weighted by atomic mass is 10.1. The fraction of sp³-hybridized carbons (Fsp3) is 0.273. The second-order valence-corrected chi connectivity index (χ2v) is 9.43. The Morgan fingerprint density at radius 3 is 2.48 bits per heavy atom. The van der Waals surface area contributed by atoms with Gasteiger partial charge in [0.15, 0.2) is 0 Å². The van der Waals surface area contributed by atoms with Gasteiger partial charge in [0.25, 0.3) is 5.91 Å². The van der Waals surface area contributed by atoms with Crippen molar-refractivity contribution in [2.45, 2.75) is 23.8 Å². The molecule has 1 atom stereocenters. The van der Waals surface area contributed by atoms with Crippen molar-refractivity contribution in [1.82, 2.24) is 19.2 Å². The molecule has 0 bridgehead atoms. The van der Waals surface area contributed by atoms with E-state index < -0.39 is 22.0 Å². The first-order valence-corrected chi connectivity index (χ1v) is 11.4. The summed E-state index contributed by atoms with van der Waals surface area (Å²) in [4.78, 5) is 17.5. The number of benzene rings is 2. The third-order valence-electron chi connectivity index (χ3n) is 5.39. The van der Waals surface area contributed by atoms with Gasteiger partial charge in [0.05, 0.1) is 4.90 Å². The van der Waals surface area contributed by atoms with Crippen LogP contribution in [0.2, 0.25) is 0 Å². The second-order valence-electron chi connectivity index (χ2n) is 7.49. The Bertz CT molecular complexity index is 1190. The summed E-state index contributed by atoms with van der Waals surface area (Å²) in [7, 11) is -1.83. The quantitative estimate of drug-likeness (QED) is 0.636. The number of carbonyl (C=O) groups is 1. The van der Waals surface area contributed by atoms with Crippen LogP contribution in [0, 0.1) is 5.82 Å². The maximum absolute atomic E-state index is 13.4. The van der Waals surface area contributed by atoms with Crippen LogP contribution in [0.3, 0.4) is 0 Å². The lowest BCUT2D eigenvalue weighted by molar-refractivity contribution is 0.0941. The molecule has 0 saturated carbocycles. The van der Waals surface area contributed by atoms with Crippen molar-refractivity contribution in [3.8, 4) is 0 Å². The molecule has 1 saturated heterocycles. The van der Waals surface area contributed by atoms with Gasteiger partial charge in [-0.25, -0.2) is 17.8 Å². The van der Waals surface area contributed by atoms with Crippen LogP contribution in [0.4, 0.5) is 4.39 Å². The van der Waals surface area contributed by atoms with Crippen LogP contribution in [0.15, 0.2) is 65.8 Å². The third kappa shape index (κ3) is 4.38. The highest BCUT2D eigenvalue weighted by Gasteiger charge is 2.28. The molecule has 2 heterocycles. The average molecular weight is 443 g/mol. The van der Waals surface area contributed by atoms with Gasteiger partial charge in [0.1, 0.15) is 17.7 Å². The fourth-order valence-corrected chi connectivity index (χ4v) is 5.26. The van der Waals surface area contributed by atoms with Gasteiger partial charge in [0.2, 0.25) is 10.0 Å². The molecular weight excluding hydrogens is 419 g/mol. The number of amides is 1. The number of aryl methyl sites for hydroxylation is 1. The van der Waals surface area contributed by atoms with Gasteiger partial charge in [0, 0.05) is 38.1 Å². The maximum Gasteiger partial charge on any atom is 0.252 e. The molecule has 0 unspecified atom stereocenters. The van der Waals surface area contributed by atoms with E-state index in [1.54, 1.807) is 48.3 Å². The summed E-state index contributed by atoms with van der Waals surface area (Å²) in [5, 5.41) is 2.91. The predicted molar refractivity (Wildman–Crippen MR) is 113 cm³/mol. The normalized spacial score (nSPS) is 15.7. The first kappa shape index (κ1) is 21.2. The number of hydrogen-bond donors (Lipinski definition) is 1. The van der Waals surface area contributed by atoms with Crippen molar-refractivity contribution in [2.24, 2.45) is 7.05 Å². The largest absolute Gasteiger partial charge is 0.338 e. The average Bonchev–Trinajstić information content (AvgIpc) is 3.45. The number of aromatic nitrogens is 2. The minimum atomic E-state index is -3.63. The first-order valence-electron chi connectivity index (χ1n) is 10.00. The van der Waals surface area contributed by atoms with Gasteiger partial charge in [-0.1, -0.05) is 18.2 Å². The van der Waals surface area contributed by atoms with Crippen molar-refractivity contribution in [3.05, 3.63) is 83.7 Å². The standard InChI is InChI=1S/C22H23FN4O3S/c1-26-14-11-24-21(26)20(16-7-9-18(23)10-8-16)25-22(28)17-5-4-6-19(15-17)31(29,30)27-12-2-3-13-27/h4-11,14-15,20H,2-3,12-13H2,1H3,(H,25,28)/t20-/m1/s1. The minimum Gasteiger partial charge on any atom is -0.338 e. The highest BCUT2D eigenvalue weighted by molar-refractivity contribution is 7.89. The highest BCUT2D eigenvalue weighted by atomic mass is 32.2. The number of hydrogen-bond acceptors (Lipinski definition) is 4. The Labute approximate surface area is 180 Å². The van der Waals surface area contributed by atoms with Crippen molar-refractivity contribution < 1.29 is 17.6 Å². The van der Waals surface area contributed by atoms with E-state index in [0.717, 1.165) is 12.8 Å². The van der Waals surface area contributed by atoms with Gasteiger partial charge in [-0.15, -0.1) is 0 Å². The molecule has 2 aromatic carbocycles. The summed E-state index contributed by atoms with van der Waals surface area (Å²) in [6, 6.07) is 11.2. The minimum absolute atomic E-state index is 0.0948. The van der Waals surface area contributed by atoms with Gasteiger partial charge in [-0.3, -0.25) is 4.79 Å². The lowest BCUT2D eigenvalue weighted by Gasteiger charge is -2.20. The molecule has 1 N–H and O–H groups in total. The Morgan fingerprint density at radius 2 is 1.84 bits per heavy atom. The predicted octanol–water partition coefficient (Wildman–Crippen LogP) is 2.86. The van der Waals surface area contributed by atoms with E-state index in [4.69, 9.17) is 0 Å². The van der Waals surface area contributed by atoms with E-state index in [1.165, 1.54) is 28.6 Å². The zero-order valence-electron chi connectivity index (χ0n) is 17.0. The van der Waals surface area contributed by atoms with Gasteiger partial charge >= 0.3 is 0 Å². The van der Waals surface area contributed by atoms with Crippen molar-refractivity contribution >= 4 is 15.9 Å². The van der Waals surface area contributed by atoms with Crippen LogP contribution in [-0.4, -0.2) is 41.3 Å². The molecule has 1 fully saturated rings. The lowest BCUT2D eigenvalue weighted by Crippen LogP contribution is -2.31.